The van der Waals surface area contributed by atoms with Gasteiger partial charge in [-0.2, -0.15) is 0 Å². The van der Waals surface area contributed by atoms with Gasteiger partial charge in [0.05, 0.1) is 12.4 Å². The van der Waals surface area contributed by atoms with Crippen molar-refractivity contribution in [2.75, 3.05) is 23.4 Å². The SMILES string of the molecule is Cc1cccc(C)c1NC(=O)CS(=O)(=O)CCO. The topological polar surface area (TPSA) is 83.5 Å². The van der Waals surface area contributed by atoms with Crippen molar-refractivity contribution in [2.24, 2.45) is 0 Å². The van der Waals surface area contributed by atoms with Crippen molar-refractivity contribution in [1.82, 2.24) is 0 Å². The van der Waals surface area contributed by atoms with Crippen LogP contribution in [0.4, 0.5) is 5.69 Å². The fourth-order valence-corrected chi connectivity index (χ4v) is 2.49. The number of nitrogens with one attached hydrogen (secondary N) is 1. The van der Waals surface area contributed by atoms with Crippen LogP contribution in [-0.2, 0) is 14.6 Å². The van der Waals surface area contributed by atoms with Crippen LogP contribution < -0.4 is 5.32 Å². The summed E-state index contributed by atoms with van der Waals surface area (Å²) in [4.78, 5) is 11.6. The molecule has 0 aliphatic carbocycles. The molecule has 1 aromatic carbocycles. The summed E-state index contributed by atoms with van der Waals surface area (Å²) in [5.74, 6) is -1.59. The molecular weight excluding hydrogens is 254 g/mol. The molecule has 5 nitrogen and oxygen atoms in total. The van der Waals surface area contributed by atoms with E-state index < -0.39 is 33.9 Å². The smallest absolute Gasteiger partial charge is 0.239 e. The fourth-order valence-electron chi connectivity index (χ4n) is 1.60. The molecule has 0 atom stereocenters. The summed E-state index contributed by atoms with van der Waals surface area (Å²) >= 11 is 0. The van der Waals surface area contributed by atoms with Crippen molar-refractivity contribution in [1.29, 1.82) is 0 Å². The van der Waals surface area contributed by atoms with E-state index in [2.05, 4.69) is 5.32 Å². The zero-order valence-electron chi connectivity index (χ0n) is 10.4. The van der Waals surface area contributed by atoms with E-state index >= 15 is 0 Å². The minimum Gasteiger partial charge on any atom is -0.395 e. The van der Waals surface area contributed by atoms with Gasteiger partial charge in [-0.05, 0) is 25.0 Å². The lowest BCUT2D eigenvalue weighted by Gasteiger charge is -2.11. The number of sulfone groups is 1. The molecule has 0 aliphatic heterocycles. The Balaban J connectivity index is 2.77. The molecule has 18 heavy (non-hydrogen) atoms. The number of aryl methyl sites for hydroxylation is 2. The number of anilines is 1. The highest BCUT2D eigenvalue weighted by Gasteiger charge is 2.17. The lowest BCUT2D eigenvalue weighted by atomic mass is 10.1. The van der Waals surface area contributed by atoms with E-state index in [-0.39, 0.29) is 0 Å². The number of hydrogen-bond donors (Lipinski definition) is 2. The summed E-state index contributed by atoms with van der Waals surface area (Å²) in [5, 5.41) is 11.2. The first-order valence-electron chi connectivity index (χ1n) is 5.53. The first kappa shape index (κ1) is 14.7. The number of aliphatic hydroxyl groups is 1. The van der Waals surface area contributed by atoms with Gasteiger partial charge in [0.2, 0.25) is 5.91 Å². The Morgan fingerprint density at radius 3 is 2.33 bits per heavy atom. The first-order valence-corrected chi connectivity index (χ1v) is 7.35. The third-order valence-corrected chi connectivity index (χ3v) is 4.01. The van der Waals surface area contributed by atoms with Crippen molar-refractivity contribution in [3.63, 3.8) is 0 Å². The van der Waals surface area contributed by atoms with Gasteiger partial charge in [-0.25, -0.2) is 8.42 Å². The molecule has 0 unspecified atom stereocenters. The molecule has 0 spiro atoms. The average molecular weight is 271 g/mol. The van der Waals surface area contributed by atoms with Gasteiger partial charge in [-0.15, -0.1) is 0 Å². The van der Waals surface area contributed by atoms with Gasteiger partial charge < -0.3 is 10.4 Å². The summed E-state index contributed by atoms with van der Waals surface area (Å²) in [6.07, 6.45) is 0. The number of hydrogen-bond acceptors (Lipinski definition) is 4. The van der Waals surface area contributed by atoms with Crippen molar-refractivity contribution in [3.8, 4) is 0 Å². The van der Waals surface area contributed by atoms with Gasteiger partial charge in [-0.1, -0.05) is 18.2 Å². The molecule has 0 aliphatic rings. The van der Waals surface area contributed by atoms with Crippen LogP contribution in [0.15, 0.2) is 18.2 Å². The van der Waals surface area contributed by atoms with Crippen LogP contribution >= 0.6 is 0 Å². The van der Waals surface area contributed by atoms with E-state index in [0.29, 0.717) is 5.69 Å². The molecule has 1 rings (SSSR count). The molecule has 0 radical (unpaired) electrons. The number of carbonyl (C=O) groups excluding carboxylic acids is 1. The highest BCUT2D eigenvalue weighted by atomic mass is 32.2. The Morgan fingerprint density at radius 1 is 1.28 bits per heavy atom. The van der Waals surface area contributed by atoms with E-state index in [4.69, 9.17) is 5.11 Å². The summed E-state index contributed by atoms with van der Waals surface area (Å²) < 4.78 is 22.8. The number of rotatable bonds is 5. The van der Waals surface area contributed by atoms with E-state index in [0.717, 1.165) is 11.1 Å². The lowest BCUT2D eigenvalue weighted by Crippen LogP contribution is -2.26. The Morgan fingerprint density at radius 2 is 1.83 bits per heavy atom. The van der Waals surface area contributed by atoms with Gasteiger partial charge in [0.25, 0.3) is 0 Å². The maximum Gasteiger partial charge on any atom is 0.239 e. The summed E-state index contributed by atoms with van der Waals surface area (Å²) in [6.45, 7) is 3.20. The van der Waals surface area contributed by atoms with Crippen molar-refractivity contribution in [2.45, 2.75) is 13.8 Å². The average Bonchev–Trinajstić information content (AvgIpc) is 2.22. The second-order valence-electron chi connectivity index (χ2n) is 4.13. The van der Waals surface area contributed by atoms with Gasteiger partial charge in [0, 0.05) is 5.69 Å². The van der Waals surface area contributed by atoms with Crippen LogP contribution in [0, 0.1) is 13.8 Å². The molecule has 100 valence electrons. The van der Waals surface area contributed by atoms with Gasteiger partial charge in [0.1, 0.15) is 5.75 Å². The van der Waals surface area contributed by atoms with Crippen LogP contribution in [0.5, 0.6) is 0 Å². The molecule has 0 aromatic heterocycles. The van der Waals surface area contributed by atoms with Crippen molar-refractivity contribution < 1.29 is 18.3 Å². The summed E-state index contributed by atoms with van der Waals surface area (Å²) in [6, 6.07) is 5.54. The molecule has 0 fully saturated rings. The lowest BCUT2D eigenvalue weighted by molar-refractivity contribution is -0.113. The number of carbonyl (C=O) groups is 1. The quantitative estimate of drug-likeness (QED) is 0.823. The number of para-hydroxylation sites is 1. The minimum atomic E-state index is -3.54. The van der Waals surface area contributed by atoms with Crippen LogP contribution in [-0.4, -0.2) is 37.5 Å². The molecular formula is C12H17NO4S. The second-order valence-corrected chi connectivity index (χ2v) is 6.31. The van der Waals surface area contributed by atoms with Gasteiger partial charge in [-0.3, -0.25) is 4.79 Å². The highest BCUT2D eigenvalue weighted by Crippen LogP contribution is 2.19. The van der Waals surface area contributed by atoms with E-state index in [1.165, 1.54) is 0 Å². The standard InChI is InChI=1S/C12H17NO4S/c1-9-4-3-5-10(2)12(9)13-11(15)8-18(16,17)7-6-14/h3-5,14H,6-8H2,1-2H3,(H,13,15). The third kappa shape index (κ3) is 4.12. The Labute approximate surface area is 107 Å². The zero-order valence-corrected chi connectivity index (χ0v) is 11.3. The molecule has 0 bridgehead atoms. The monoisotopic (exact) mass is 271 g/mol. The van der Waals surface area contributed by atoms with Crippen LogP contribution in [0.2, 0.25) is 0 Å². The predicted octanol–water partition coefficient (Wildman–Crippen LogP) is 0.649. The number of amides is 1. The molecule has 6 heteroatoms. The molecule has 0 heterocycles. The molecule has 2 N–H and O–H groups in total. The third-order valence-electron chi connectivity index (χ3n) is 2.50. The highest BCUT2D eigenvalue weighted by molar-refractivity contribution is 7.92. The number of aliphatic hydroxyl groups excluding tert-OH is 1. The zero-order chi connectivity index (χ0) is 13.8. The number of benzene rings is 1. The summed E-state index contributed by atoms with van der Waals surface area (Å²) in [7, 11) is -3.54. The maximum atomic E-state index is 11.6. The minimum absolute atomic E-state index is 0.396. The first-order chi connectivity index (χ1) is 8.35. The molecule has 0 saturated heterocycles. The normalized spacial score (nSPS) is 11.3. The summed E-state index contributed by atoms with van der Waals surface area (Å²) in [5.41, 5.74) is 2.40. The Hall–Kier alpha value is -1.40. The van der Waals surface area contributed by atoms with E-state index in [1.54, 1.807) is 0 Å². The Bertz CT molecular complexity index is 517. The van der Waals surface area contributed by atoms with E-state index in [9.17, 15) is 13.2 Å². The fraction of sp³-hybridized carbons (Fsp3) is 0.417. The van der Waals surface area contributed by atoms with Crippen LogP contribution in [0.3, 0.4) is 0 Å². The molecule has 0 saturated carbocycles. The largest absolute Gasteiger partial charge is 0.395 e. The molecule has 1 aromatic rings. The van der Waals surface area contributed by atoms with Crippen LogP contribution in [0.1, 0.15) is 11.1 Å². The van der Waals surface area contributed by atoms with Crippen LogP contribution in [0.25, 0.3) is 0 Å². The van der Waals surface area contributed by atoms with Crippen molar-refractivity contribution >= 4 is 21.4 Å². The van der Waals surface area contributed by atoms with E-state index in [1.807, 2.05) is 32.0 Å². The predicted molar refractivity (Wildman–Crippen MR) is 70.3 cm³/mol. The van der Waals surface area contributed by atoms with Gasteiger partial charge >= 0.3 is 0 Å². The molecule has 1 amide bonds. The second kappa shape index (κ2) is 5.97. The Kier molecular flexibility index (Phi) is 4.86. The maximum absolute atomic E-state index is 11.6. The van der Waals surface area contributed by atoms with Gasteiger partial charge in [0.15, 0.2) is 9.84 Å². The van der Waals surface area contributed by atoms with Crippen molar-refractivity contribution in [3.05, 3.63) is 29.3 Å².